The van der Waals surface area contributed by atoms with Gasteiger partial charge in [-0.2, -0.15) is 0 Å². The zero-order valence-corrected chi connectivity index (χ0v) is 22.7. The van der Waals surface area contributed by atoms with Crippen LogP contribution in [0.2, 0.25) is 0 Å². The molecule has 0 saturated carbocycles. The quantitative estimate of drug-likeness (QED) is 0.0374. The molecule has 1 aromatic heterocycles. The zero-order valence-electron chi connectivity index (χ0n) is 22.7. The molecule has 14 heteroatoms. The van der Waals surface area contributed by atoms with E-state index in [9.17, 15) is 24.5 Å². The van der Waals surface area contributed by atoms with Gasteiger partial charge in [0.05, 0.1) is 7.11 Å². The Hall–Kier alpha value is -4.98. The molecule has 0 bridgehead atoms. The number of nitrogens with zero attached hydrogens (tertiary/aromatic N) is 2. The number of para-hydroxylation sites is 1. The summed E-state index contributed by atoms with van der Waals surface area (Å²) in [5, 5.41) is 21.5. The number of esters is 1. The summed E-state index contributed by atoms with van der Waals surface area (Å²) in [6, 6.07) is 14.2. The Morgan fingerprint density at radius 1 is 1.05 bits per heavy atom. The number of carbonyl (C=O) groups is 3. The number of fused-ring (bicyclic) bond motifs is 1. The van der Waals surface area contributed by atoms with Gasteiger partial charge in [0.1, 0.15) is 17.2 Å². The average Bonchev–Trinajstić information content (AvgIpc) is 3.36. The van der Waals surface area contributed by atoms with E-state index in [-0.39, 0.29) is 31.8 Å². The van der Waals surface area contributed by atoms with Gasteiger partial charge in [0.25, 0.3) is 11.9 Å². The summed E-state index contributed by atoms with van der Waals surface area (Å²) >= 11 is 0. The molecule has 0 aliphatic rings. The molecule has 9 N–H and O–H groups in total. The number of aromatic nitrogens is 1. The van der Waals surface area contributed by atoms with Crippen molar-refractivity contribution in [1.29, 1.82) is 0 Å². The van der Waals surface area contributed by atoms with Crippen LogP contribution >= 0.6 is 0 Å². The van der Waals surface area contributed by atoms with Crippen LogP contribution in [0.15, 0.2) is 65.9 Å². The lowest BCUT2D eigenvalue weighted by atomic mass is 10.0. The normalized spacial score (nSPS) is 13.6. The molecule has 0 spiro atoms. The minimum Gasteiger partial charge on any atom is -0.467 e. The number of hydrogen-bond acceptors (Lipinski definition) is 6. The maximum Gasteiger partial charge on any atom is 0.328 e. The molecular formula is C27H35N8O6+. The van der Waals surface area contributed by atoms with E-state index in [1.807, 2.05) is 54.6 Å². The maximum absolute atomic E-state index is 13.4. The largest absolute Gasteiger partial charge is 0.467 e. The lowest BCUT2D eigenvalue weighted by molar-refractivity contribution is -0.485. The number of quaternary nitrogens is 1. The first kappa shape index (κ1) is 30.6. The summed E-state index contributed by atoms with van der Waals surface area (Å²) in [5.74, 6) is -2.06. The number of guanidine groups is 1. The number of hydrazone groups is 1. The number of amides is 2. The van der Waals surface area contributed by atoms with E-state index in [2.05, 4.69) is 31.8 Å². The lowest BCUT2D eigenvalue weighted by Gasteiger charge is -2.23. The molecule has 3 rings (SSSR count). The van der Waals surface area contributed by atoms with Crippen LogP contribution < -0.4 is 27.4 Å². The number of aromatic amines is 1. The van der Waals surface area contributed by atoms with Crippen LogP contribution in [0, 0.1) is 10.1 Å². The first-order valence-corrected chi connectivity index (χ1v) is 13.0. The van der Waals surface area contributed by atoms with Crippen LogP contribution in [-0.2, 0) is 32.0 Å². The maximum atomic E-state index is 13.4. The van der Waals surface area contributed by atoms with Gasteiger partial charge in [0.15, 0.2) is 11.1 Å². The van der Waals surface area contributed by atoms with E-state index >= 15 is 0 Å². The smallest absolute Gasteiger partial charge is 0.328 e. The monoisotopic (exact) mass is 567 g/mol. The minimum absolute atomic E-state index is 0.134. The van der Waals surface area contributed by atoms with Crippen molar-refractivity contribution in [3.05, 3.63) is 82.0 Å². The van der Waals surface area contributed by atoms with Gasteiger partial charge < -0.3 is 37.1 Å². The van der Waals surface area contributed by atoms with Gasteiger partial charge in [0.2, 0.25) is 5.91 Å². The Bertz CT molecular complexity index is 1380. The van der Waals surface area contributed by atoms with Gasteiger partial charge in [0, 0.05) is 36.5 Å². The van der Waals surface area contributed by atoms with Gasteiger partial charge in [-0.05, 0) is 30.0 Å². The van der Waals surface area contributed by atoms with Gasteiger partial charge in [-0.1, -0.05) is 48.5 Å². The van der Waals surface area contributed by atoms with Gasteiger partial charge >= 0.3 is 5.97 Å². The summed E-state index contributed by atoms with van der Waals surface area (Å²) in [7, 11) is 1.23. The van der Waals surface area contributed by atoms with Crippen molar-refractivity contribution in [3.8, 4) is 0 Å². The molecule has 3 atom stereocenters. The van der Waals surface area contributed by atoms with Crippen LogP contribution in [0.5, 0.6) is 0 Å². The summed E-state index contributed by atoms with van der Waals surface area (Å²) < 4.78 is 4.94. The number of benzene rings is 2. The first-order valence-electron chi connectivity index (χ1n) is 13.0. The van der Waals surface area contributed by atoms with Crippen molar-refractivity contribution >= 4 is 34.6 Å². The highest BCUT2D eigenvalue weighted by Crippen LogP contribution is 2.19. The number of nitro groups is 1. The minimum atomic E-state index is -1.03. The molecule has 0 radical (unpaired) electrons. The molecule has 218 valence electrons. The van der Waals surface area contributed by atoms with E-state index in [4.69, 9.17) is 10.5 Å². The van der Waals surface area contributed by atoms with Crippen molar-refractivity contribution in [2.45, 2.75) is 43.8 Å². The summed E-state index contributed by atoms with van der Waals surface area (Å²) in [5.41, 5.74) is 12.0. The standard InChI is InChI=1S/C27H34N8O6/c1-41-26(38)23(15-18-16-31-21-11-6-5-10-19(18)21)33-25(37)22(12-7-13-30-27(29)34-35(39)40)32-24(36)20(28)14-17-8-3-2-4-9-17/h2-6,8-11,16,20,22-23,31H,7,12-15,28H2,1H3,(H,32,36)(H,33,37)(H3,29,30,34)/p+1/t20-,22+,23+/m1/s1. The van der Waals surface area contributed by atoms with Crippen molar-refractivity contribution in [3.63, 3.8) is 0 Å². The molecule has 2 amide bonds. The highest BCUT2D eigenvalue weighted by Gasteiger charge is 2.30. The topological polar surface area (TPSA) is 221 Å². The molecule has 0 unspecified atom stereocenters. The zero-order chi connectivity index (χ0) is 29.8. The molecule has 0 aliphatic carbocycles. The Morgan fingerprint density at radius 2 is 1.73 bits per heavy atom. The molecule has 0 aliphatic heterocycles. The fourth-order valence-electron chi connectivity index (χ4n) is 4.32. The van der Waals surface area contributed by atoms with E-state index < -0.39 is 40.9 Å². The van der Waals surface area contributed by atoms with Gasteiger partial charge in [-0.15, -0.1) is 0 Å². The number of ether oxygens (including phenoxy) is 1. The van der Waals surface area contributed by atoms with Crippen LogP contribution in [0.25, 0.3) is 10.9 Å². The van der Waals surface area contributed by atoms with E-state index in [1.54, 1.807) is 6.20 Å². The third-order valence-electron chi connectivity index (χ3n) is 6.39. The van der Waals surface area contributed by atoms with Gasteiger partial charge in [-0.25, -0.2) is 14.9 Å². The number of hydrogen-bond donors (Lipinski definition) is 6. The molecule has 0 fully saturated rings. The summed E-state index contributed by atoms with van der Waals surface area (Å²) in [4.78, 5) is 52.7. The predicted molar refractivity (Wildman–Crippen MR) is 151 cm³/mol. The van der Waals surface area contributed by atoms with Crippen molar-refractivity contribution < 1.29 is 29.9 Å². The number of nitrogens with one attached hydrogen (secondary N) is 4. The Balaban J connectivity index is 1.72. The Morgan fingerprint density at radius 3 is 2.44 bits per heavy atom. The van der Waals surface area contributed by atoms with E-state index in [0.717, 1.165) is 22.0 Å². The fraction of sp³-hybridized carbons (Fsp3) is 0.333. The number of methoxy groups -OCH3 is 1. The first-order chi connectivity index (χ1) is 19.7. The Labute approximate surface area is 236 Å². The molecule has 14 nitrogen and oxygen atoms in total. The van der Waals surface area contributed by atoms with Gasteiger partial charge in [-0.3, -0.25) is 9.59 Å². The number of nitrogens with two attached hydrogens (primary N) is 1. The second-order valence-corrected chi connectivity index (χ2v) is 9.39. The fourth-order valence-corrected chi connectivity index (χ4v) is 4.32. The van der Waals surface area contributed by atoms with Crippen LogP contribution in [0.4, 0.5) is 0 Å². The summed E-state index contributed by atoms with van der Waals surface area (Å²) in [6.45, 7) is 0.149. The van der Waals surface area contributed by atoms with Crippen molar-refractivity contribution in [1.82, 2.24) is 20.9 Å². The molecule has 3 aromatic rings. The SMILES string of the molecule is COC(=O)[C@H](Cc1c[nH]c2ccccc12)NC(=O)[C@H](CCCN/C(N)=N/[N+](=O)[O-])NC(=O)[C@H]([NH3+])Cc1ccccc1. The van der Waals surface area contributed by atoms with Crippen LogP contribution in [0.1, 0.15) is 24.0 Å². The number of rotatable bonds is 14. The van der Waals surface area contributed by atoms with Crippen molar-refractivity contribution in [2.75, 3.05) is 13.7 Å². The highest BCUT2D eigenvalue weighted by molar-refractivity contribution is 5.92. The van der Waals surface area contributed by atoms with E-state index in [1.165, 1.54) is 7.11 Å². The van der Waals surface area contributed by atoms with Crippen molar-refractivity contribution in [2.24, 2.45) is 10.8 Å². The molecule has 2 aromatic carbocycles. The second-order valence-electron chi connectivity index (χ2n) is 9.39. The van der Waals surface area contributed by atoms with Crippen LogP contribution in [-0.4, -0.2) is 65.5 Å². The lowest BCUT2D eigenvalue weighted by Crippen LogP contribution is -2.70. The summed E-state index contributed by atoms with van der Waals surface area (Å²) in [6.07, 6.45) is 2.71. The molecule has 0 saturated heterocycles. The highest BCUT2D eigenvalue weighted by atomic mass is 16.7. The third-order valence-corrected chi connectivity index (χ3v) is 6.39. The number of carbonyl (C=O) groups excluding carboxylic acids is 3. The van der Waals surface area contributed by atoms with Crippen LogP contribution in [0.3, 0.4) is 0 Å². The Kier molecular flexibility index (Phi) is 11.2. The molecule has 1 heterocycles. The second kappa shape index (κ2) is 15.0. The third kappa shape index (κ3) is 9.32. The average molecular weight is 568 g/mol. The molecular weight excluding hydrogens is 532 g/mol. The molecule has 41 heavy (non-hydrogen) atoms. The van der Waals surface area contributed by atoms with E-state index in [0.29, 0.717) is 6.42 Å². The number of H-pyrrole nitrogens is 1. The predicted octanol–water partition coefficient (Wildman–Crippen LogP) is -0.418.